The van der Waals surface area contributed by atoms with Crippen molar-refractivity contribution in [2.24, 2.45) is 0 Å². The van der Waals surface area contributed by atoms with Crippen LogP contribution in [0.5, 0.6) is 0 Å². The highest BCUT2D eigenvalue weighted by Crippen LogP contribution is 2.35. The van der Waals surface area contributed by atoms with Crippen molar-refractivity contribution >= 4 is 21.4 Å². The Morgan fingerprint density at radius 3 is 2.44 bits per heavy atom. The average molecular weight is 397 g/mol. The number of benzene rings is 1. The second-order valence-corrected chi connectivity index (χ2v) is 9.05. The molecule has 1 aromatic rings. The van der Waals surface area contributed by atoms with Gasteiger partial charge in [0, 0.05) is 12.1 Å². The third kappa shape index (κ3) is 4.30. The molecule has 25 heavy (non-hydrogen) atoms. The van der Waals surface area contributed by atoms with Gasteiger partial charge in [-0.05, 0) is 50.4 Å². The van der Waals surface area contributed by atoms with Gasteiger partial charge in [-0.2, -0.15) is 13.2 Å². The second kappa shape index (κ2) is 7.06. The summed E-state index contributed by atoms with van der Waals surface area (Å²) in [5.41, 5.74) is -0.959. The highest BCUT2D eigenvalue weighted by Gasteiger charge is 2.40. The molecule has 0 bridgehead atoms. The zero-order chi connectivity index (χ0) is 18.2. The minimum atomic E-state index is -4.57. The van der Waals surface area contributed by atoms with E-state index >= 15 is 0 Å². The van der Waals surface area contributed by atoms with Gasteiger partial charge in [0.25, 0.3) is 0 Å². The van der Waals surface area contributed by atoms with E-state index in [2.05, 4.69) is 10.6 Å². The number of piperidine rings is 1. The van der Waals surface area contributed by atoms with Crippen LogP contribution in [-0.4, -0.2) is 32.4 Å². The van der Waals surface area contributed by atoms with E-state index in [-0.39, 0.29) is 17.0 Å². The molecule has 0 amide bonds. The van der Waals surface area contributed by atoms with E-state index in [1.54, 1.807) is 0 Å². The van der Waals surface area contributed by atoms with E-state index < -0.39 is 32.0 Å². The van der Waals surface area contributed by atoms with Crippen LogP contribution in [0.1, 0.15) is 37.7 Å². The van der Waals surface area contributed by atoms with Gasteiger partial charge in [-0.1, -0.05) is 18.0 Å². The van der Waals surface area contributed by atoms with Crippen LogP contribution in [0.2, 0.25) is 5.02 Å². The zero-order valence-electron chi connectivity index (χ0n) is 13.4. The molecular formula is C16H20ClF3N2O2S. The summed E-state index contributed by atoms with van der Waals surface area (Å²) < 4.78 is 64.6. The first-order valence-electron chi connectivity index (χ1n) is 8.29. The molecule has 1 unspecified atom stereocenters. The molecule has 3 rings (SSSR count). The number of nitrogens with one attached hydrogen (secondary N) is 2. The molecule has 1 saturated heterocycles. The Morgan fingerprint density at radius 2 is 1.92 bits per heavy atom. The minimum Gasteiger partial charge on any atom is -0.311 e. The average Bonchev–Trinajstić information content (AvgIpc) is 3.36. The van der Waals surface area contributed by atoms with Gasteiger partial charge in [-0.25, -0.2) is 8.42 Å². The second-order valence-electron chi connectivity index (χ2n) is 6.61. The quantitative estimate of drug-likeness (QED) is 0.801. The predicted octanol–water partition coefficient (Wildman–Crippen LogP) is 3.35. The molecule has 2 fully saturated rings. The Bertz CT molecular complexity index is 729. The van der Waals surface area contributed by atoms with Gasteiger partial charge < -0.3 is 5.32 Å². The molecule has 2 atom stereocenters. The third-order valence-corrected chi connectivity index (χ3v) is 7.12. The summed E-state index contributed by atoms with van der Waals surface area (Å²) in [7, 11) is -3.92. The fourth-order valence-electron chi connectivity index (χ4n) is 3.09. The van der Waals surface area contributed by atoms with E-state index in [0.29, 0.717) is 12.5 Å². The first-order valence-corrected chi connectivity index (χ1v) is 10.2. The SMILES string of the molecule is O=S(=O)(c1ccc(C(F)(F)F)cc1Cl)[C@H](NC1CC1)C1CCCCN1. The number of hydrogen-bond acceptors (Lipinski definition) is 4. The summed E-state index contributed by atoms with van der Waals surface area (Å²) in [5.74, 6) is 0. The molecule has 2 N–H and O–H groups in total. The minimum absolute atomic E-state index is 0.136. The summed E-state index contributed by atoms with van der Waals surface area (Å²) in [6.45, 7) is 0.726. The van der Waals surface area contributed by atoms with Crippen LogP contribution in [0.25, 0.3) is 0 Å². The maximum Gasteiger partial charge on any atom is 0.416 e. The van der Waals surface area contributed by atoms with E-state index in [0.717, 1.165) is 44.4 Å². The van der Waals surface area contributed by atoms with Gasteiger partial charge in [-0.15, -0.1) is 0 Å². The lowest BCUT2D eigenvalue weighted by Crippen LogP contribution is -2.54. The Hall–Kier alpha value is -0.830. The third-order valence-electron chi connectivity index (χ3n) is 4.59. The van der Waals surface area contributed by atoms with Gasteiger partial charge in [-0.3, -0.25) is 5.32 Å². The van der Waals surface area contributed by atoms with Crippen LogP contribution in [0.4, 0.5) is 13.2 Å². The van der Waals surface area contributed by atoms with E-state index in [1.165, 1.54) is 0 Å². The molecule has 2 aliphatic rings. The number of hydrogen-bond donors (Lipinski definition) is 2. The first-order chi connectivity index (χ1) is 11.7. The fraction of sp³-hybridized carbons (Fsp3) is 0.625. The summed E-state index contributed by atoms with van der Waals surface area (Å²) >= 11 is 5.93. The number of rotatable bonds is 5. The summed E-state index contributed by atoms with van der Waals surface area (Å²) in [6, 6.07) is 2.26. The van der Waals surface area contributed by atoms with Crippen molar-refractivity contribution in [2.75, 3.05) is 6.54 Å². The molecule has 9 heteroatoms. The van der Waals surface area contributed by atoms with E-state index in [4.69, 9.17) is 11.6 Å². The van der Waals surface area contributed by atoms with Crippen molar-refractivity contribution in [3.8, 4) is 0 Å². The summed E-state index contributed by atoms with van der Waals surface area (Å²) in [5, 5.41) is 5.07. The smallest absolute Gasteiger partial charge is 0.311 e. The van der Waals surface area contributed by atoms with Crippen molar-refractivity contribution in [1.29, 1.82) is 0 Å². The standard InChI is InChI=1S/C16H20ClF3N2O2S/c17-12-9-10(16(18,19)20)4-7-14(12)25(23,24)15(22-11-5-6-11)13-3-1-2-8-21-13/h4,7,9,11,13,15,21-22H,1-3,5-6,8H2/t13?,15-/m0/s1. The van der Waals surface area contributed by atoms with Crippen LogP contribution in [0, 0.1) is 0 Å². The maximum atomic E-state index is 13.1. The Morgan fingerprint density at radius 1 is 1.20 bits per heavy atom. The molecular weight excluding hydrogens is 377 g/mol. The van der Waals surface area contributed by atoms with Gasteiger partial charge in [0.2, 0.25) is 0 Å². The van der Waals surface area contributed by atoms with Crippen molar-refractivity contribution in [3.63, 3.8) is 0 Å². The van der Waals surface area contributed by atoms with E-state index in [9.17, 15) is 21.6 Å². The largest absolute Gasteiger partial charge is 0.416 e. The van der Waals surface area contributed by atoms with E-state index in [1.807, 2.05) is 0 Å². The monoisotopic (exact) mass is 396 g/mol. The number of alkyl halides is 3. The topological polar surface area (TPSA) is 58.2 Å². The molecule has 1 aromatic carbocycles. The molecule has 0 aromatic heterocycles. The van der Waals surface area contributed by atoms with Crippen LogP contribution in [0.3, 0.4) is 0 Å². The van der Waals surface area contributed by atoms with Crippen molar-refractivity contribution in [3.05, 3.63) is 28.8 Å². The van der Waals surface area contributed by atoms with Crippen molar-refractivity contribution in [1.82, 2.24) is 10.6 Å². The lowest BCUT2D eigenvalue weighted by molar-refractivity contribution is -0.137. The van der Waals surface area contributed by atoms with Crippen LogP contribution >= 0.6 is 11.6 Å². The zero-order valence-corrected chi connectivity index (χ0v) is 15.0. The van der Waals surface area contributed by atoms with Gasteiger partial charge in [0.1, 0.15) is 5.37 Å². The molecule has 0 radical (unpaired) electrons. The van der Waals surface area contributed by atoms with Crippen molar-refractivity contribution in [2.45, 2.75) is 60.6 Å². The molecule has 1 saturated carbocycles. The normalized spacial score (nSPS) is 23.4. The molecule has 140 valence electrons. The highest BCUT2D eigenvalue weighted by atomic mass is 35.5. The number of halogens is 4. The molecule has 4 nitrogen and oxygen atoms in total. The Labute approximate surface area is 150 Å². The number of sulfone groups is 1. The highest BCUT2D eigenvalue weighted by molar-refractivity contribution is 7.92. The lowest BCUT2D eigenvalue weighted by Gasteiger charge is -2.32. The molecule has 1 aliphatic carbocycles. The summed E-state index contributed by atoms with van der Waals surface area (Å²) in [4.78, 5) is -0.257. The molecule has 1 aliphatic heterocycles. The first kappa shape index (κ1) is 18.9. The molecule has 0 spiro atoms. The Kier molecular flexibility index (Phi) is 5.35. The Balaban J connectivity index is 1.93. The van der Waals surface area contributed by atoms with Crippen LogP contribution < -0.4 is 10.6 Å². The van der Waals surface area contributed by atoms with Crippen LogP contribution in [-0.2, 0) is 16.0 Å². The van der Waals surface area contributed by atoms with Gasteiger partial charge in [0.05, 0.1) is 15.5 Å². The lowest BCUT2D eigenvalue weighted by atomic mass is 10.0. The van der Waals surface area contributed by atoms with Crippen LogP contribution in [0.15, 0.2) is 23.1 Å². The van der Waals surface area contributed by atoms with Gasteiger partial charge in [0.15, 0.2) is 9.84 Å². The van der Waals surface area contributed by atoms with Gasteiger partial charge >= 0.3 is 6.18 Å². The summed E-state index contributed by atoms with van der Waals surface area (Å²) in [6.07, 6.45) is -0.173. The fourth-order valence-corrected chi connectivity index (χ4v) is 5.49. The van der Waals surface area contributed by atoms with Crippen molar-refractivity contribution < 1.29 is 21.6 Å². The molecule has 1 heterocycles. The maximum absolute atomic E-state index is 13.1. The predicted molar refractivity (Wildman–Crippen MR) is 89.2 cm³/mol.